The molecule has 26 heavy (non-hydrogen) atoms. The van der Waals surface area contributed by atoms with Crippen LogP contribution in [0.1, 0.15) is 52.9 Å². The summed E-state index contributed by atoms with van der Waals surface area (Å²) < 4.78 is 4.95. The van der Waals surface area contributed by atoms with Crippen LogP contribution in [0.2, 0.25) is 0 Å². The number of esters is 1. The van der Waals surface area contributed by atoms with Gasteiger partial charge in [0.1, 0.15) is 5.00 Å². The lowest BCUT2D eigenvalue weighted by molar-refractivity contribution is -0.143. The number of rotatable bonds is 3. The molecule has 3 rings (SSSR count). The van der Waals surface area contributed by atoms with Gasteiger partial charge < -0.3 is 14.7 Å². The summed E-state index contributed by atoms with van der Waals surface area (Å²) in [6.45, 7) is 0.808. The van der Waals surface area contributed by atoms with Crippen molar-refractivity contribution in [1.29, 1.82) is 0 Å². The number of anilines is 1. The summed E-state index contributed by atoms with van der Waals surface area (Å²) in [5.74, 6) is -1.60. The maximum Gasteiger partial charge on any atom is 0.341 e. The Hall–Kier alpha value is -2.09. The molecule has 0 saturated carbocycles. The molecule has 1 saturated heterocycles. The molecule has 142 valence electrons. The van der Waals surface area contributed by atoms with Gasteiger partial charge in [-0.25, -0.2) is 9.59 Å². The monoisotopic (exact) mass is 380 g/mol. The number of piperidine rings is 1. The maximum atomic E-state index is 12.6. The van der Waals surface area contributed by atoms with Crippen LogP contribution in [0, 0.1) is 5.92 Å². The van der Waals surface area contributed by atoms with E-state index >= 15 is 0 Å². The normalized spacial score (nSPS) is 18.0. The third kappa shape index (κ3) is 3.85. The molecule has 0 spiro atoms. The molecule has 0 radical (unpaired) electrons. The van der Waals surface area contributed by atoms with Gasteiger partial charge in [0.25, 0.3) is 0 Å². The van der Waals surface area contributed by atoms with Crippen LogP contribution in [-0.4, -0.2) is 48.2 Å². The molecule has 1 aromatic rings. The van der Waals surface area contributed by atoms with Crippen LogP contribution in [0.3, 0.4) is 0 Å². The largest absolute Gasteiger partial charge is 0.481 e. The van der Waals surface area contributed by atoms with E-state index in [1.807, 2.05) is 0 Å². The Kier molecular flexibility index (Phi) is 5.80. The maximum absolute atomic E-state index is 12.6. The molecule has 0 bridgehead atoms. The van der Waals surface area contributed by atoms with Crippen LogP contribution >= 0.6 is 11.3 Å². The van der Waals surface area contributed by atoms with Crippen molar-refractivity contribution >= 4 is 34.3 Å². The molecular weight excluding hydrogens is 356 g/mol. The third-order valence-electron chi connectivity index (χ3n) is 5.16. The second-order valence-electron chi connectivity index (χ2n) is 6.79. The number of nitrogens with one attached hydrogen (secondary N) is 1. The predicted octanol–water partition coefficient (Wildman–Crippen LogP) is 3.13. The van der Waals surface area contributed by atoms with E-state index in [9.17, 15) is 14.4 Å². The number of urea groups is 1. The van der Waals surface area contributed by atoms with E-state index in [0.717, 1.165) is 42.5 Å². The van der Waals surface area contributed by atoms with Gasteiger partial charge in [0.2, 0.25) is 0 Å². The zero-order chi connectivity index (χ0) is 18.7. The molecule has 2 N–H and O–H groups in total. The second kappa shape index (κ2) is 8.07. The Bertz CT molecular complexity index is 707. The fraction of sp³-hybridized carbons (Fsp3) is 0.611. The summed E-state index contributed by atoms with van der Waals surface area (Å²) in [5.41, 5.74) is 1.50. The van der Waals surface area contributed by atoms with Crippen LogP contribution < -0.4 is 5.32 Å². The molecule has 0 unspecified atom stereocenters. The van der Waals surface area contributed by atoms with Crippen molar-refractivity contribution in [3.8, 4) is 0 Å². The van der Waals surface area contributed by atoms with Crippen LogP contribution in [0.15, 0.2) is 0 Å². The zero-order valence-electron chi connectivity index (χ0n) is 14.9. The van der Waals surface area contributed by atoms with E-state index < -0.39 is 11.9 Å². The van der Waals surface area contributed by atoms with Gasteiger partial charge in [0.05, 0.1) is 18.6 Å². The van der Waals surface area contributed by atoms with Crippen molar-refractivity contribution in [3.05, 3.63) is 16.0 Å². The highest BCUT2D eigenvalue weighted by molar-refractivity contribution is 7.17. The fourth-order valence-electron chi connectivity index (χ4n) is 3.65. The number of aryl methyl sites for hydroxylation is 1. The first-order valence-electron chi connectivity index (χ1n) is 9.02. The first-order chi connectivity index (χ1) is 12.5. The lowest BCUT2D eigenvalue weighted by Crippen LogP contribution is -2.42. The number of nitrogens with zero attached hydrogens (tertiary/aromatic N) is 1. The van der Waals surface area contributed by atoms with Crippen molar-refractivity contribution in [2.75, 3.05) is 25.5 Å². The molecular formula is C18H24N2O5S. The minimum atomic E-state index is -0.806. The number of amides is 2. The van der Waals surface area contributed by atoms with Gasteiger partial charge in [0.15, 0.2) is 0 Å². The van der Waals surface area contributed by atoms with E-state index in [0.29, 0.717) is 36.5 Å². The quantitative estimate of drug-likeness (QED) is 0.620. The summed E-state index contributed by atoms with van der Waals surface area (Å²) in [6.07, 6.45) is 5.91. The Morgan fingerprint density at radius 3 is 2.50 bits per heavy atom. The molecule has 0 atom stereocenters. The number of fused-ring (bicyclic) bond motifs is 1. The van der Waals surface area contributed by atoms with Crippen molar-refractivity contribution < 1.29 is 24.2 Å². The summed E-state index contributed by atoms with van der Waals surface area (Å²) in [5, 5.41) is 12.5. The summed E-state index contributed by atoms with van der Waals surface area (Å²) in [4.78, 5) is 38.7. The van der Waals surface area contributed by atoms with Crippen LogP contribution in [-0.2, 0) is 22.4 Å². The summed E-state index contributed by atoms with van der Waals surface area (Å²) in [7, 11) is 1.35. The topological polar surface area (TPSA) is 95.9 Å². The summed E-state index contributed by atoms with van der Waals surface area (Å²) in [6, 6.07) is -0.282. The van der Waals surface area contributed by atoms with Crippen molar-refractivity contribution in [1.82, 2.24) is 4.90 Å². The van der Waals surface area contributed by atoms with Gasteiger partial charge >= 0.3 is 18.0 Å². The van der Waals surface area contributed by atoms with Gasteiger partial charge in [-0.05, 0) is 44.1 Å². The lowest BCUT2D eigenvalue weighted by atomic mass is 9.97. The van der Waals surface area contributed by atoms with E-state index in [-0.39, 0.29) is 11.9 Å². The number of thiophene rings is 1. The standard InChI is InChI=1S/C18H24N2O5S/c1-25-17(23)14-12-5-3-2-4-6-13(12)26-15(14)19-18(24)20-9-7-11(8-10-20)16(21)22/h11H,2-10H2,1H3,(H,19,24)(H,21,22). The summed E-state index contributed by atoms with van der Waals surface area (Å²) >= 11 is 1.46. The number of methoxy groups -OCH3 is 1. The number of ether oxygens (including phenoxy) is 1. The molecule has 1 aromatic heterocycles. The first kappa shape index (κ1) is 18.7. The molecule has 2 heterocycles. The van der Waals surface area contributed by atoms with Crippen LogP contribution in [0.5, 0.6) is 0 Å². The van der Waals surface area contributed by atoms with Gasteiger partial charge in [0, 0.05) is 18.0 Å². The third-order valence-corrected chi connectivity index (χ3v) is 6.37. The Labute approximate surface area is 156 Å². The van der Waals surface area contributed by atoms with E-state index in [1.165, 1.54) is 18.4 Å². The molecule has 0 aromatic carbocycles. The molecule has 2 aliphatic rings. The molecule has 1 aliphatic heterocycles. The van der Waals surface area contributed by atoms with Crippen molar-refractivity contribution in [2.45, 2.75) is 44.9 Å². The number of carbonyl (C=O) groups excluding carboxylic acids is 2. The Morgan fingerprint density at radius 2 is 1.85 bits per heavy atom. The van der Waals surface area contributed by atoms with E-state index in [2.05, 4.69) is 5.32 Å². The minimum absolute atomic E-state index is 0.282. The van der Waals surface area contributed by atoms with Gasteiger partial charge in [-0.2, -0.15) is 0 Å². The number of likely N-dealkylation sites (tertiary alicyclic amines) is 1. The van der Waals surface area contributed by atoms with Gasteiger partial charge in [-0.3, -0.25) is 10.1 Å². The molecule has 7 nitrogen and oxygen atoms in total. The zero-order valence-corrected chi connectivity index (χ0v) is 15.7. The Morgan fingerprint density at radius 1 is 1.15 bits per heavy atom. The molecule has 1 aliphatic carbocycles. The average molecular weight is 380 g/mol. The van der Waals surface area contributed by atoms with Gasteiger partial charge in [-0.1, -0.05) is 6.42 Å². The van der Waals surface area contributed by atoms with Crippen LogP contribution in [0.4, 0.5) is 9.80 Å². The van der Waals surface area contributed by atoms with Crippen molar-refractivity contribution in [2.24, 2.45) is 5.92 Å². The van der Waals surface area contributed by atoms with Crippen molar-refractivity contribution in [3.63, 3.8) is 0 Å². The van der Waals surface area contributed by atoms with E-state index in [4.69, 9.17) is 9.84 Å². The SMILES string of the molecule is COC(=O)c1c(NC(=O)N2CCC(C(=O)O)CC2)sc2c1CCCCC2. The number of carboxylic acids is 1. The number of carbonyl (C=O) groups is 3. The number of aliphatic carboxylic acids is 1. The highest BCUT2D eigenvalue weighted by Gasteiger charge is 2.30. The molecule has 2 amide bonds. The first-order valence-corrected chi connectivity index (χ1v) is 9.84. The smallest absolute Gasteiger partial charge is 0.341 e. The lowest BCUT2D eigenvalue weighted by Gasteiger charge is -2.30. The minimum Gasteiger partial charge on any atom is -0.481 e. The number of hydrogen-bond donors (Lipinski definition) is 2. The average Bonchev–Trinajstić information content (AvgIpc) is 2.81. The fourth-order valence-corrected chi connectivity index (χ4v) is 4.92. The predicted molar refractivity (Wildman–Crippen MR) is 97.9 cm³/mol. The number of hydrogen-bond acceptors (Lipinski definition) is 5. The Balaban J connectivity index is 1.76. The second-order valence-corrected chi connectivity index (χ2v) is 7.90. The van der Waals surface area contributed by atoms with Crippen LogP contribution in [0.25, 0.3) is 0 Å². The highest BCUT2D eigenvalue weighted by Crippen LogP contribution is 2.38. The number of carboxylic acid groups (broad SMARTS) is 1. The molecule has 8 heteroatoms. The van der Waals surface area contributed by atoms with E-state index in [1.54, 1.807) is 4.90 Å². The molecule has 1 fully saturated rings. The van der Waals surface area contributed by atoms with Gasteiger partial charge in [-0.15, -0.1) is 11.3 Å². The highest BCUT2D eigenvalue weighted by atomic mass is 32.1.